The molecule has 0 aliphatic heterocycles. The molecule has 1 aromatic rings. The molecule has 0 fully saturated rings. The molecule has 1 heterocycles. The number of nitrogens with zero attached hydrogens (tertiary/aromatic N) is 2. The highest BCUT2D eigenvalue weighted by atomic mass is 16.3. The summed E-state index contributed by atoms with van der Waals surface area (Å²) in [6.07, 6.45) is 3.93. The fourth-order valence-electron chi connectivity index (χ4n) is 1.04. The van der Waals surface area contributed by atoms with Crippen LogP contribution in [0.1, 0.15) is 11.8 Å². The van der Waals surface area contributed by atoms with Crippen molar-refractivity contribution in [1.82, 2.24) is 4.98 Å². The van der Waals surface area contributed by atoms with Gasteiger partial charge in [0.25, 0.3) is 0 Å². The molecule has 0 radical (unpaired) electrons. The van der Waals surface area contributed by atoms with Crippen LogP contribution in [0.4, 0.5) is 0 Å². The van der Waals surface area contributed by atoms with Gasteiger partial charge >= 0.3 is 0 Å². The van der Waals surface area contributed by atoms with Crippen LogP contribution >= 0.6 is 0 Å². The molecule has 0 saturated heterocycles. The SMILES string of the molecule is C=C/C=C(\N=C)C(O)c1ccccn1. The van der Waals surface area contributed by atoms with E-state index in [1.54, 1.807) is 36.5 Å². The lowest BCUT2D eigenvalue weighted by atomic mass is 10.1. The lowest BCUT2D eigenvalue weighted by Crippen LogP contribution is -2.01. The summed E-state index contributed by atoms with van der Waals surface area (Å²) >= 11 is 0. The average Bonchev–Trinajstić information content (AvgIpc) is 2.26. The van der Waals surface area contributed by atoms with Crippen molar-refractivity contribution in [1.29, 1.82) is 0 Å². The van der Waals surface area contributed by atoms with Gasteiger partial charge in [-0.1, -0.05) is 18.7 Å². The number of hydrogen-bond donors (Lipinski definition) is 1. The minimum Gasteiger partial charge on any atom is -0.380 e. The fraction of sp³-hybridized carbons (Fsp3) is 0.0909. The Kier molecular flexibility index (Phi) is 3.76. The topological polar surface area (TPSA) is 45.5 Å². The largest absolute Gasteiger partial charge is 0.380 e. The Morgan fingerprint density at radius 3 is 2.86 bits per heavy atom. The normalized spacial score (nSPS) is 13.4. The van der Waals surface area contributed by atoms with Crippen molar-refractivity contribution in [3.8, 4) is 0 Å². The Bertz CT molecular complexity index is 344. The predicted octanol–water partition coefficient (Wildman–Crippen LogP) is 1.89. The molecule has 1 rings (SSSR count). The van der Waals surface area contributed by atoms with Gasteiger partial charge in [0.15, 0.2) is 0 Å². The van der Waals surface area contributed by atoms with E-state index in [1.807, 2.05) is 0 Å². The number of pyridine rings is 1. The van der Waals surface area contributed by atoms with E-state index in [0.717, 1.165) is 0 Å². The van der Waals surface area contributed by atoms with Crippen LogP contribution in [0.25, 0.3) is 0 Å². The number of aliphatic hydroxyl groups excluding tert-OH is 1. The highest BCUT2D eigenvalue weighted by Crippen LogP contribution is 2.19. The van der Waals surface area contributed by atoms with Gasteiger partial charge in [0, 0.05) is 6.20 Å². The van der Waals surface area contributed by atoms with Gasteiger partial charge in [0.05, 0.1) is 11.4 Å². The van der Waals surface area contributed by atoms with Crippen LogP contribution in [-0.2, 0) is 0 Å². The predicted molar refractivity (Wildman–Crippen MR) is 57.0 cm³/mol. The lowest BCUT2D eigenvalue weighted by Gasteiger charge is -2.09. The van der Waals surface area contributed by atoms with Crippen LogP contribution in [0.3, 0.4) is 0 Å². The van der Waals surface area contributed by atoms with Crippen LogP contribution < -0.4 is 0 Å². The van der Waals surface area contributed by atoms with Gasteiger partial charge in [-0.25, -0.2) is 0 Å². The summed E-state index contributed by atoms with van der Waals surface area (Å²) in [6, 6.07) is 5.32. The first-order valence-corrected chi connectivity index (χ1v) is 4.18. The minimum absolute atomic E-state index is 0.443. The summed E-state index contributed by atoms with van der Waals surface area (Å²) in [6.45, 7) is 6.90. The second kappa shape index (κ2) is 5.09. The maximum absolute atomic E-state index is 9.80. The summed E-state index contributed by atoms with van der Waals surface area (Å²) in [4.78, 5) is 7.72. The molecule has 0 aliphatic rings. The van der Waals surface area contributed by atoms with Crippen molar-refractivity contribution in [2.45, 2.75) is 6.10 Å². The number of allylic oxidation sites excluding steroid dienone is 2. The zero-order valence-electron chi connectivity index (χ0n) is 7.80. The van der Waals surface area contributed by atoms with Gasteiger partial charge in [-0.05, 0) is 24.9 Å². The molecule has 0 aromatic carbocycles. The maximum Gasteiger partial charge on any atom is 0.138 e. The monoisotopic (exact) mass is 188 g/mol. The van der Waals surface area contributed by atoms with E-state index in [2.05, 4.69) is 23.3 Å². The smallest absolute Gasteiger partial charge is 0.138 e. The first-order chi connectivity index (χ1) is 6.79. The van der Waals surface area contributed by atoms with Gasteiger partial charge in [-0.2, -0.15) is 0 Å². The Labute approximate surface area is 83.2 Å². The summed E-state index contributed by atoms with van der Waals surface area (Å²) in [5.41, 5.74) is 0.992. The van der Waals surface area contributed by atoms with Crippen LogP contribution in [0, 0.1) is 0 Å². The van der Waals surface area contributed by atoms with Gasteiger partial charge in [-0.3, -0.25) is 9.98 Å². The van der Waals surface area contributed by atoms with Crippen molar-refractivity contribution >= 4 is 6.72 Å². The molecule has 1 unspecified atom stereocenters. The number of hydrogen-bond acceptors (Lipinski definition) is 3. The Balaban J connectivity index is 2.94. The summed E-state index contributed by atoms with van der Waals surface area (Å²) < 4.78 is 0. The Morgan fingerprint density at radius 2 is 2.36 bits per heavy atom. The Hall–Kier alpha value is -1.74. The van der Waals surface area contributed by atoms with Crippen molar-refractivity contribution in [2.75, 3.05) is 0 Å². The fourth-order valence-corrected chi connectivity index (χ4v) is 1.04. The van der Waals surface area contributed by atoms with Gasteiger partial charge in [0.2, 0.25) is 0 Å². The van der Waals surface area contributed by atoms with E-state index >= 15 is 0 Å². The summed E-state index contributed by atoms with van der Waals surface area (Å²) in [7, 11) is 0. The third-order valence-electron chi connectivity index (χ3n) is 1.72. The molecule has 1 N–H and O–H groups in total. The van der Waals surface area contributed by atoms with Crippen molar-refractivity contribution in [3.05, 3.63) is 54.5 Å². The molecule has 0 saturated carbocycles. The third-order valence-corrected chi connectivity index (χ3v) is 1.72. The van der Waals surface area contributed by atoms with Crippen LogP contribution in [-0.4, -0.2) is 16.8 Å². The first kappa shape index (κ1) is 10.3. The standard InChI is InChI=1S/C11H12N2O/c1-3-6-9(12-2)11(14)10-7-4-5-8-13-10/h3-8,11,14H,1-2H2/b9-6-. The maximum atomic E-state index is 9.80. The zero-order valence-corrected chi connectivity index (χ0v) is 7.80. The van der Waals surface area contributed by atoms with Gasteiger partial charge in [0.1, 0.15) is 6.10 Å². The lowest BCUT2D eigenvalue weighted by molar-refractivity contribution is 0.209. The van der Waals surface area contributed by atoms with Gasteiger partial charge in [-0.15, -0.1) is 0 Å². The van der Waals surface area contributed by atoms with E-state index < -0.39 is 6.10 Å². The molecule has 72 valence electrons. The number of aromatic nitrogens is 1. The number of aliphatic imine (C=N–C) groups is 1. The molecule has 1 atom stereocenters. The quantitative estimate of drug-likeness (QED) is 0.579. The van der Waals surface area contributed by atoms with Crippen molar-refractivity contribution < 1.29 is 5.11 Å². The second-order valence-electron chi connectivity index (χ2n) is 2.64. The number of rotatable bonds is 4. The van der Waals surface area contributed by atoms with Gasteiger partial charge < -0.3 is 5.11 Å². The van der Waals surface area contributed by atoms with E-state index in [-0.39, 0.29) is 0 Å². The van der Waals surface area contributed by atoms with E-state index in [0.29, 0.717) is 11.4 Å². The highest BCUT2D eigenvalue weighted by molar-refractivity contribution is 5.33. The van der Waals surface area contributed by atoms with E-state index in [4.69, 9.17) is 0 Å². The van der Waals surface area contributed by atoms with Crippen LogP contribution in [0.15, 0.2) is 53.8 Å². The molecule has 3 heteroatoms. The highest BCUT2D eigenvalue weighted by Gasteiger charge is 2.11. The molecule has 0 bridgehead atoms. The first-order valence-electron chi connectivity index (χ1n) is 4.18. The van der Waals surface area contributed by atoms with Crippen molar-refractivity contribution in [3.63, 3.8) is 0 Å². The van der Waals surface area contributed by atoms with Crippen LogP contribution in [0.5, 0.6) is 0 Å². The van der Waals surface area contributed by atoms with Crippen LogP contribution in [0.2, 0.25) is 0 Å². The third kappa shape index (κ3) is 2.37. The molecule has 3 nitrogen and oxygen atoms in total. The summed E-state index contributed by atoms with van der Waals surface area (Å²) in [5, 5.41) is 9.80. The second-order valence-corrected chi connectivity index (χ2v) is 2.64. The molecule has 0 spiro atoms. The van der Waals surface area contributed by atoms with E-state index in [1.165, 1.54) is 0 Å². The molecule has 14 heavy (non-hydrogen) atoms. The molecular formula is C11H12N2O. The number of aliphatic hydroxyl groups is 1. The van der Waals surface area contributed by atoms with Crippen molar-refractivity contribution in [2.24, 2.45) is 4.99 Å². The molecule has 1 aromatic heterocycles. The average molecular weight is 188 g/mol. The zero-order chi connectivity index (χ0) is 10.4. The molecule has 0 amide bonds. The van der Waals surface area contributed by atoms with E-state index in [9.17, 15) is 5.11 Å². The molecule has 0 aliphatic carbocycles. The Morgan fingerprint density at radius 1 is 1.57 bits per heavy atom. The summed E-state index contributed by atoms with van der Waals surface area (Å²) in [5.74, 6) is 0. The molecular weight excluding hydrogens is 176 g/mol. The minimum atomic E-state index is -0.841.